The molecule has 1 aromatic heterocycles. The molecule has 1 N–H and O–H groups in total. The van der Waals surface area contributed by atoms with Gasteiger partial charge in [0.2, 0.25) is 0 Å². The zero-order valence-electron chi connectivity index (χ0n) is 25.1. The molecule has 2 atom stereocenters. The number of phenols is 1. The van der Waals surface area contributed by atoms with Crippen LogP contribution in [0.25, 0.3) is 32.8 Å². The lowest BCUT2D eigenvalue weighted by atomic mass is 9.94. The number of rotatable bonds is 7. The molecule has 0 spiro atoms. The monoisotopic (exact) mass is 626 g/mol. The van der Waals surface area contributed by atoms with Gasteiger partial charge in [0.25, 0.3) is 0 Å². The molecule has 7 rings (SSSR count). The third-order valence-corrected chi connectivity index (χ3v) is 9.63. The Balaban J connectivity index is 1.42. The van der Waals surface area contributed by atoms with Crippen molar-refractivity contribution in [2.45, 2.75) is 49.9 Å². The second kappa shape index (κ2) is 11.5. The minimum atomic E-state index is -1.08. The van der Waals surface area contributed by atoms with Crippen LogP contribution in [0.3, 0.4) is 0 Å². The summed E-state index contributed by atoms with van der Waals surface area (Å²) in [6.07, 6.45) is 2.38. The van der Waals surface area contributed by atoms with Gasteiger partial charge < -0.3 is 24.2 Å². The highest BCUT2D eigenvalue weighted by Crippen LogP contribution is 2.46. The van der Waals surface area contributed by atoms with Crippen molar-refractivity contribution in [2.75, 3.05) is 51.9 Å². The average molecular weight is 627 g/mol. The highest BCUT2D eigenvalue weighted by atomic mass is 19.1. The fourth-order valence-electron chi connectivity index (χ4n) is 7.47. The number of anilines is 1. The SMILES string of the molecule is COc1c(F)c(-c2cc(O)cc3cccc(F)c23)c(F)c2nc(OC[C@@]34CCCN3C[C@H](F)C4)nc(N3CCC(OC)CC3)c12. The van der Waals surface area contributed by atoms with Gasteiger partial charge in [-0.3, -0.25) is 4.90 Å². The van der Waals surface area contributed by atoms with E-state index in [-0.39, 0.29) is 63.3 Å². The van der Waals surface area contributed by atoms with Gasteiger partial charge in [-0.15, -0.1) is 0 Å². The largest absolute Gasteiger partial charge is 0.508 e. The lowest BCUT2D eigenvalue weighted by molar-refractivity contribution is 0.0817. The Hall–Kier alpha value is -3.90. The fraction of sp³-hybridized carbons (Fsp3) is 0.455. The number of hydrogen-bond donors (Lipinski definition) is 1. The van der Waals surface area contributed by atoms with Crippen molar-refractivity contribution in [3.63, 3.8) is 0 Å². The van der Waals surface area contributed by atoms with Crippen molar-refractivity contribution in [1.82, 2.24) is 14.9 Å². The number of ether oxygens (including phenoxy) is 3. The maximum Gasteiger partial charge on any atom is 0.319 e. The van der Waals surface area contributed by atoms with Crippen LogP contribution in [0.15, 0.2) is 30.3 Å². The van der Waals surface area contributed by atoms with Crippen LogP contribution in [0.1, 0.15) is 32.1 Å². The van der Waals surface area contributed by atoms with E-state index in [0.29, 0.717) is 38.9 Å². The van der Waals surface area contributed by atoms with Crippen LogP contribution >= 0.6 is 0 Å². The Kier molecular flexibility index (Phi) is 7.60. The molecular weight excluding hydrogens is 592 g/mol. The molecule has 45 heavy (non-hydrogen) atoms. The number of alkyl halides is 1. The van der Waals surface area contributed by atoms with E-state index in [0.717, 1.165) is 25.5 Å². The van der Waals surface area contributed by atoms with Crippen LogP contribution in [0.5, 0.6) is 17.5 Å². The van der Waals surface area contributed by atoms with E-state index in [9.17, 15) is 9.50 Å². The van der Waals surface area contributed by atoms with E-state index in [1.54, 1.807) is 13.2 Å². The lowest BCUT2D eigenvalue weighted by Gasteiger charge is -2.33. The fourth-order valence-corrected chi connectivity index (χ4v) is 7.47. The smallest absolute Gasteiger partial charge is 0.319 e. The van der Waals surface area contributed by atoms with Crippen LogP contribution in [0.4, 0.5) is 23.4 Å². The van der Waals surface area contributed by atoms with Gasteiger partial charge in [-0.2, -0.15) is 9.97 Å². The summed E-state index contributed by atoms with van der Waals surface area (Å²) >= 11 is 0. The molecule has 4 heterocycles. The summed E-state index contributed by atoms with van der Waals surface area (Å²) in [5, 5.41) is 10.7. The van der Waals surface area contributed by atoms with E-state index >= 15 is 13.2 Å². The molecule has 0 saturated carbocycles. The number of piperidine rings is 1. The highest BCUT2D eigenvalue weighted by molar-refractivity contribution is 6.04. The van der Waals surface area contributed by atoms with Crippen molar-refractivity contribution in [3.05, 3.63) is 47.8 Å². The summed E-state index contributed by atoms with van der Waals surface area (Å²) in [7, 11) is 2.90. The van der Waals surface area contributed by atoms with Gasteiger partial charge in [-0.05, 0) is 55.8 Å². The van der Waals surface area contributed by atoms with E-state index in [2.05, 4.69) is 14.9 Å². The van der Waals surface area contributed by atoms with Crippen LogP contribution in [0.2, 0.25) is 0 Å². The Morgan fingerprint density at radius 3 is 2.58 bits per heavy atom. The first kappa shape index (κ1) is 29.8. The zero-order chi connectivity index (χ0) is 31.5. The maximum absolute atomic E-state index is 16.8. The summed E-state index contributed by atoms with van der Waals surface area (Å²) in [6, 6.07) is 6.48. The third-order valence-electron chi connectivity index (χ3n) is 9.63. The molecule has 3 fully saturated rings. The Labute approximate surface area is 257 Å². The summed E-state index contributed by atoms with van der Waals surface area (Å²) in [5.74, 6) is -3.25. The predicted molar refractivity (Wildman–Crippen MR) is 161 cm³/mol. The predicted octanol–water partition coefficient (Wildman–Crippen LogP) is 6.15. The molecule has 4 aromatic rings. The molecule has 0 bridgehead atoms. The molecule has 0 aliphatic carbocycles. The van der Waals surface area contributed by atoms with Crippen LogP contribution in [0, 0.1) is 17.5 Å². The molecule has 0 radical (unpaired) electrons. The van der Waals surface area contributed by atoms with Gasteiger partial charge in [0.15, 0.2) is 17.4 Å². The molecule has 0 unspecified atom stereocenters. The van der Waals surface area contributed by atoms with Crippen molar-refractivity contribution >= 4 is 27.5 Å². The second-order valence-electron chi connectivity index (χ2n) is 12.2. The molecule has 3 aliphatic heterocycles. The summed E-state index contributed by atoms with van der Waals surface area (Å²) < 4.78 is 80.2. The van der Waals surface area contributed by atoms with Crippen LogP contribution in [-0.2, 0) is 4.74 Å². The van der Waals surface area contributed by atoms with Crippen LogP contribution < -0.4 is 14.4 Å². The Morgan fingerprint density at radius 1 is 1.02 bits per heavy atom. The van der Waals surface area contributed by atoms with Gasteiger partial charge in [0.1, 0.15) is 35.7 Å². The van der Waals surface area contributed by atoms with Gasteiger partial charge in [0, 0.05) is 44.1 Å². The number of aromatic nitrogens is 2. The minimum Gasteiger partial charge on any atom is -0.508 e. The van der Waals surface area contributed by atoms with Crippen LogP contribution in [-0.4, -0.2) is 84.8 Å². The van der Waals surface area contributed by atoms with Gasteiger partial charge in [-0.25, -0.2) is 17.6 Å². The molecule has 12 heteroatoms. The van der Waals surface area contributed by atoms with E-state index < -0.39 is 34.7 Å². The number of halogens is 4. The molecular formula is C33H34F4N4O4. The molecule has 8 nitrogen and oxygen atoms in total. The van der Waals surface area contributed by atoms with E-state index in [1.807, 2.05) is 4.90 Å². The van der Waals surface area contributed by atoms with E-state index in [1.165, 1.54) is 25.3 Å². The average Bonchev–Trinajstić information content (AvgIpc) is 3.55. The zero-order valence-corrected chi connectivity index (χ0v) is 25.1. The number of hydrogen-bond acceptors (Lipinski definition) is 8. The maximum atomic E-state index is 16.8. The first-order valence-electron chi connectivity index (χ1n) is 15.2. The van der Waals surface area contributed by atoms with Crippen molar-refractivity contribution in [2.24, 2.45) is 0 Å². The standard InChI is InChI=1S/C33H34F4N4O4/c1-43-21-7-11-40(12-8-21)31-26-29(38-32(39-31)45-17-33-9-4-10-41(33)16-19(34)15-33)27(36)25(28(37)30(26)44-2)22-14-20(42)13-18-5-3-6-23(35)24(18)22/h3,5-6,13-14,19,21,42H,4,7-12,15-17H2,1-2H3/t19-,33+/m1/s1. The topological polar surface area (TPSA) is 80.2 Å². The van der Waals surface area contributed by atoms with Gasteiger partial charge >= 0.3 is 6.01 Å². The molecule has 3 saturated heterocycles. The highest BCUT2D eigenvalue weighted by Gasteiger charge is 2.49. The third kappa shape index (κ3) is 4.98. The number of benzene rings is 3. The normalized spacial score (nSPS) is 22.4. The first-order chi connectivity index (χ1) is 21.7. The molecule has 3 aliphatic rings. The lowest BCUT2D eigenvalue weighted by Crippen LogP contribution is -2.43. The number of nitrogens with zero attached hydrogens (tertiary/aromatic N) is 4. The number of aromatic hydroxyl groups is 1. The summed E-state index contributed by atoms with van der Waals surface area (Å²) in [5.41, 5.74) is -1.57. The van der Waals surface area contributed by atoms with E-state index in [4.69, 9.17) is 14.2 Å². The van der Waals surface area contributed by atoms with Gasteiger partial charge in [-0.1, -0.05) is 12.1 Å². The molecule has 3 aromatic carbocycles. The number of fused-ring (bicyclic) bond motifs is 3. The minimum absolute atomic E-state index is 0.00902. The summed E-state index contributed by atoms with van der Waals surface area (Å²) in [6.45, 7) is 2.19. The molecule has 238 valence electrons. The number of phenolic OH excluding ortho intramolecular Hbond substituents is 1. The second-order valence-corrected chi connectivity index (χ2v) is 12.2. The van der Waals surface area contributed by atoms with Gasteiger partial charge in [0.05, 0.1) is 29.7 Å². The van der Waals surface area contributed by atoms with Crippen molar-refractivity contribution in [1.29, 1.82) is 0 Å². The quantitative estimate of drug-likeness (QED) is 0.245. The van der Waals surface area contributed by atoms with Crippen molar-refractivity contribution in [3.8, 4) is 28.6 Å². The molecule has 0 amide bonds. The Bertz CT molecular complexity index is 1780. The summed E-state index contributed by atoms with van der Waals surface area (Å²) in [4.78, 5) is 13.1. The number of methoxy groups -OCH3 is 2. The first-order valence-corrected chi connectivity index (χ1v) is 15.2. The Morgan fingerprint density at radius 2 is 1.82 bits per heavy atom. The van der Waals surface area contributed by atoms with Crippen molar-refractivity contribution < 1.29 is 36.9 Å².